The van der Waals surface area contributed by atoms with Crippen molar-refractivity contribution in [3.8, 4) is 0 Å². The molecule has 0 spiro atoms. The van der Waals surface area contributed by atoms with Gasteiger partial charge in [-0.15, -0.1) is 4.83 Å². The summed E-state index contributed by atoms with van der Waals surface area (Å²) in [5.41, 5.74) is 3.05. The van der Waals surface area contributed by atoms with Crippen LogP contribution in [0.2, 0.25) is 0 Å². The third kappa shape index (κ3) is 4.50. The largest absolute Gasteiger partial charge is 0.449 e. The lowest BCUT2D eigenvalue weighted by atomic mass is 9.99. The van der Waals surface area contributed by atoms with Gasteiger partial charge in [-0.25, -0.2) is 18.6 Å². The first kappa shape index (κ1) is 16.5. The quantitative estimate of drug-likeness (QED) is 0.788. The number of ether oxygens (including phenoxy) is 1. The van der Waals surface area contributed by atoms with Gasteiger partial charge in [0, 0.05) is 0 Å². The molecule has 0 aromatic heterocycles. The molecule has 1 atom stereocenters. The number of sulfonamides is 1. The molecule has 1 aromatic rings. The minimum absolute atomic E-state index is 0.0846. The van der Waals surface area contributed by atoms with Crippen molar-refractivity contribution in [3.63, 3.8) is 0 Å². The molecular formula is C13H20N2O4S. The molecule has 7 heteroatoms. The van der Waals surface area contributed by atoms with Gasteiger partial charge in [-0.2, -0.15) is 0 Å². The Morgan fingerprint density at radius 1 is 1.25 bits per heavy atom. The van der Waals surface area contributed by atoms with Crippen LogP contribution in [-0.4, -0.2) is 21.1 Å². The number of amides is 1. The topological polar surface area (TPSA) is 84.5 Å². The molecule has 0 aliphatic carbocycles. The zero-order valence-electron chi connectivity index (χ0n) is 11.8. The van der Waals surface area contributed by atoms with Crippen molar-refractivity contribution >= 4 is 16.1 Å². The van der Waals surface area contributed by atoms with E-state index in [-0.39, 0.29) is 11.5 Å². The van der Waals surface area contributed by atoms with Crippen LogP contribution >= 0.6 is 0 Å². The van der Waals surface area contributed by atoms with Gasteiger partial charge in [0.2, 0.25) is 0 Å². The summed E-state index contributed by atoms with van der Waals surface area (Å²) < 4.78 is 28.4. The second-order valence-electron chi connectivity index (χ2n) is 4.33. The number of hydrogen-bond acceptors (Lipinski definition) is 4. The highest BCUT2D eigenvalue weighted by Gasteiger charge is 2.15. The standard InChI is InChI=1S/C13H20N2O4S/c1-4-10(3)11-6-8-12(9-7-11)20(17,18)15-14-13(16)19-5-2/h6-10,15H,4-5H2,1-3H3,(H,14,16)/t10-/m1/s1. The van der Waals surface area contributed by atoms with Gasteiger partial charge in [-0.3, -0.25) is 0 Å². The van der Waals surface area contributed by atoms with Crippen molar-refractivity contribution < 1.29 is 17.9 Å². The predicted octanol–water partition coefficient (Wildman–Crippen LogP) is 2.14. The van der Waals surface area contributed by atoms with Crippen molar-refractivity contribution in [3.05, 3.63) is 29.8 Å². The lowest BCUT2D eigenvalue weighted by molar-refractivity contribution is 0.150. The summed E-state index contributed by atoms with van der Waals surface area (Å²) in [6.07, 6.45) is 0.140. The molecule has 6 nitrogen and oxygen atoms in total. The third-order valence-electron chi connectivity index (χ3n) is 2.93. The average molecular weight is 300 g/mol. The number of benzene rings is 1. The molecule has 0 radical (unpaired) electrons. The molecule has 0 heterocycles. The van der Waals surface area contributed by atoms with Crippen molar-refractivity contribution in [1.29, 1.82) is 0 Å². The van der Waals surface area contributed by atoms with Crippen LogP contribution in [0.15, 0.2) is 29.2 Å². The van der Waals surface area contributed by atoms with E-state index in [1.54, 1.807) is 19.1 Å². The van der Waals surface area contributed by atoms with Gasteiger partial charge in [-0.1, -0.05) is 26.0 Å². The summed E-state index contributed by atoms with van der Waals surface area (Å²) in [5, 5.41) is 0. The van der Waals surface area contributed by atoms with E-state index >= 15 is 0 Å². The lowest BCUT2D eigenvalue weighted by Gasteiger charge is -2.11. The maximum absolute atomic E-state index is 11.9. The maximum Gasteiger partial charge on any atom is 0.422 e. The number of rotatable bonds is 6. The Hall–Kier alpha value is -1.60. The minimum Gasteiger partial charge on any atom is -0.449 e. The minimum atomic E-state index is -3.78. The highest BCUT2D eigenvalue weighted by molar-refractivity contribution is 7.89. The zero-order valence-corrected chi connectivity index (χ0v) is 12.7. The van der Waals surface area contributed by atoms with E-state index in [0.29, 0.717) is 5.92 Å². The summed E-state index contributed by atoms with van der Waals surface area (Å²) in [6, 6.07) is 6.56. The summed E-state index contributed by atoms with van der Waals surface area (Å²) in [4.78, 5) is 13.1. The van der Waals surface area contributed by atoms with E-state index in [1.165, 1.54) is 12.1 Å². The second kappa shape index (κ2) is 7.25. The molecule has 20 heavy (non-hydrogen) atoms. The van der Waals surface area contributed by atoms with Crippen LogP contribution in [0.25, 0.3) is 0 Å². The number of hydrazine groups is 1. The lowest BCUT2D eigenvalue weighted by Crippen LogP contribution is -2.41. The Morgan fingerprint density at radius 2 is 1.85 bits per heavy atom. The molecular weight excluding hydrogens is 280 g/mol. The van der Waals surface area contributed by atoms with Gasteiger partial charge in [0.25, 0.3) is 10.0 Å². The summed E-state index contributed by atoms with van der Waals surface area (Å²) in [7, 11) is -3.78. The normalized spacial score (nSPS) is 12.8. The zero-order chi connectivity index (χ0) is 15.2. The second-order valence-corrected chi connectivity index (χ2v) is 6.01. The van der Waals surface area contributed by atoms with E-state index in [0.717, 1.165) is 12.0 Å². The molecule has 0 saturated heterocycles. The Balaban J connectivity index is 2.75. The Labute approximate surface area is 119 Å². The predicted molar refractivity (Wildman–Crippen MR) is 75.6 cm³/mol. The van der Waals surface area contributed by atoms with Crippen LogP contribution in [0.3, 0.4) is 0 Å². The van der Waals surface area contributed by atoms with Crippen LogP contribution in [0.4, 0.5) is 4.79 Å². The van der Waals surface area contributed by atoms with Gasteiger partial charge >= 0.3 is 6.09 Å². The van der Waals surface area contributed by atoms with E-state index < -0.39 is 16.1 Å². The number of carbonyl (C=O) groups is 1. The van der Waals surface area contributed by atoms with Gasteiger partial charge < -0.3 is 4.74 Å². The molecule has 1 amide bonds. The number of carbonyl (C=O) groups excluding carboxylic acids is 1. The van der Waals surface area contributed by atoms with Crippen molar-refractivity contribution in [2.75, 3.05) is 6.61 Å². The monoisotopic (exact) mass is 300 g/mol. The third-order valence-corrected chi connectivity index (χ3v) is 4.20. The maximum atomic E-state index is 11.9. The molecule has 112 valence electrons. The smallest absolute Gasteiger partial charge is 0.422 e. The van der Waals surface area contributed by atoms with Crippen LogP contribution in [0.5, 0.6) is 0 Å². The SMILES string of the molecule is CCOC(=O)NNS(=O)(=O)c1ccc([C@H](C)CC)cc1. The molecule has 1 rings (SSSR count). The van der Waals surface area contributed by atoms with Gasteiger partial charge in [0.05, 0.1) is 11.5 Å². The fourth-order valence-corrected chi connectivity index (χ4v) is 2.38. The fraction of sp³-hybridized carbons (Fsp3) is 0.462. The Bertz CT molecular complexity index is 540. The van der Waals surface area contributed by atoms with Gasteiger partial charge in [0.15, 0.2) is 0 Å². The number of nitrogens with one attached hydrogen (secondary N) is 2. The first-order valence-corrected chi connectivity index (χ1v) is 7.93. The molecule has 0 unspecified atom stereocenters. The molecule has 0 bridgehead atoms. The average Bonchev–Trinajstić information content (AvgIpc) is 2.45. The van der Waals surface area contributed by atoms with E-state index in [1.807, 2.05) is 10.3 Å². The van der Waals surface area contributed by atoms with Crippen molar-refractivity contribution in [1.82, 2.24) is 10.3 Å². The molecule has 1 aromatic carbocycles. The van der Waals surface area contributed by atoms with E-state index in [2.05, 4.69) is 18.6 Å². The summed E-state index contributed by atoms with van der Waals surface area (Å²) in [6.45, 7) is 5.93. The molecule has 0 aliphatic heterocycles. The fourth-order valence-electron chi connectivity index (χ4n) is 1.55. The Morgan fingerprint density at radius 3 is 2.35 bits per heavy atom. The van der Waals surface area contributed by atoms with E-state index in [9.17, 15) is 13.2 Å². The van der Waals surface area contributed by atoms with Crippen LogP contribution in [0, 0.1) is 0 Å². The molecule has 0 fully saturated rings. The van der Waals surface area contributed by atoms with Crippen molar-refractivity contribution in [2.24, 2.45) is 0 Å². The Kier molecular flexibility index (Phi) is 5.97. The van der Waals surface area contributed by atoms with Crippen LogP contribution in [-0.2, 0) is 14.8 Å². The first-order chi connectivity index (χ1) is 9.40. The summed E-state index contributed by atoms with van der Waals surface area (Å²) in [5.74, 6) is 0.373. The highest BCUT2D eigenvalue weighted by atomic mass is 32.2. The summed E-state index contributed by atoms with van der Waals surface area (Å²) >= 11 is 0. The van der Waals surface area contributed by atoms with E-state index in [4.69, 9.17) is 0 Å². The van der Waals surface area contributed by atoms with Crippen molar-refractivity contribution in [2.45, 2.75) is 38.0 Å². The van der Waals surface area contributed by atoms with Gasteiger partial charge in [-0.05, 0) is 37.0 Å². The van der Waals surface area contributed by atoms with Gasteiger partial charge in [0.1, 0.15) is 0 Å². The molecule has 0 aliphatic rings. The van der Waals surface area contributed by atoms with Crippen LogP contribution < -0.4 is 10.3 Å². The number of hydrogen-bond donors (Lipinski definition) is 2. The molecule has 2 N–H and O–H groups in total. The van der Waals surface area contributed by atoms with Crippen LogP contribution in [0.1, 0.15) is 38.7 Å². The molecule has 0 saturated carbocycles. The first-order valence-electron chi connectivity index (χ1n) is 6.45. The highest BCUT2D eigenvalue weighted by Crippen LogP contribution is 2.20.